The lowest BCUT2D eigenvalue weighted by Crippen LogP contribution is -2.18. The first kappa shape index (κ1) is 14.8. The van der Waals surface area contributed by atoms with Crippen LogP contribution in [0, 0.1) is 0 Å². The number of aromatic nitrogens is 3. The Balaban J connectivity index is 2.36. The van der Waals surface area contributed by atoms with Crippen molar-refractivity contribution in [3.05, 3.63) is 24.3 Å². The van der Waals surface area contributed by atoms with Crippen molar-refractivity contribution in [1.82, 2.24) is 15.0 Å². The van der Waals surface area contributed by atoms with Crippen molar-refractivity contribution in [3.8, 4) is 11.8 Å². The van der Waals surface area contributed by atoms with Crippen molar-refractivity contribution in [3.63, 3.8) is 0 Å². The molecule has 0 saturated heterocycles. The summed E-state index contributed by atoms with van der Waals surface area (Å²) in [5.74, 6) is 6.76. The number of hydrogen-bond acceptors (Lipinski definition) is 8. The van der Waals surface area contributed by atoms with E-state index < -0.39 is 0 Å². The summed E-state index contributed by atoms with van der Waals surface area (Å²) in [7, 11) is 3.45. The molecule has 8 nitrogen and oxygen atoms in total. The Labute approximate surface area is 122 Å². The van der Waals surface area contributed by atoms with Gasteiger partial charge in [0.25, 0.3) is 0 Å². The van der Waals surface area contributed by atoms with Gasteiger partial charge in [-0.2, -0.15) is 15.0 Å². The minimum Gasteiger partial charge on any atom is -0.497 e. The van der Waals surface area contributed by atoms with Gasteiger partial charge in [0, 0.05) is 18.8 Å². The Hall–Kier alpha value is -2.61. The second-order valence-corrected chi connectivity index (χ2v) is 4.08. The third kappa shape index (κ3) is 3.48. The molecule has 0 aliphatic carbocycles. The fourth-order valence-corrected chi connectivity index (χ4v) is 1.69. The van der Waals surface area contributed by atoms with Crippen molar-refractivity contribution in [2.24, 2.45) is 5.84 Å². The first-order valence-electron chi connectivity index (χ1n) is 6.41. The molecular weight excluding hydrogens is 272 g/mol. The van der Waals surface area contributed by atoms with Crippen LogP contribution in [0.5, 0.6) is 11.8 Å². The van der Waals surface area contributed by atoms with Crippen molar-refractivity contribution >= 4 is 17.6 Å². The quantitative estimate of drug-likeness (QED) is 0.607. The van der Waals surface area contributed by atoms with Crippen LogP contribution in [-0.4, -0.2) is 35.7 Å². The SMILES string of the molecule is CCOc1nc(NN)nc(N(C)c2cccc(OC)c2)n1. The lowest BCUT2D eigenvalue weighted by Gasteiger charge is -2.18. The van der Waals surface area contributed by atoms with Gasteiger partial charge in [-0.3, -0.25) is 5.43 Å². The highest BCUT2D eigenvalue weighted by Crippen LogP contribution is 2.25. The molecule has 21 heavy (non-hydrogen) atoms. The predicted octanol–water partition coefficient (Wildman–Crippen LogP) is 1.33. The fraction of sp³-hybridized carbons (Fsp3) is 0.308. The third-order valence-corrected chi connectivity index (χ3v) is 2.75. The van der Waals surface area contributed by atoms with Gasteiger partial charge in [0.15, 0.2) is 0 Å². The zero-order chi connectivity index (χ0) is 15.2. The fourth-order valence-electron chi connectivity index (χ4n) is 1.69. The number of methoxy groups -OCH3 is 1. The molecule has 8 heteroatoms. The summed E-state index contributed by atoms with van der Waals surface area (Å²) in [5, 5.41) is 0. The van der Waals surface area contributed by atoms with Gasteiger partial charge in [-0.25, -0.2) is 5.84 Å². The Morgan fingerprint density at radius 3 is 2.76 bits per heavy atom. The normalized spacial score (nSPS) is 10.1. The highest BCUT2D eigenvalue weighted by molar-refractivity contribution is 5.59. The van der Waals surface area contributed by atoms with Crippen LogP contribution in [0.25, 0.3) is 0 Å². The summed E-state index contributed by atoms with van der Waals surface area (Å²) in [6.07, 6.45) is 0. The van der Waals surface area contributed by atoms with Gasteiger partial charge in [0.05, 0.1) is 13.7 Å². The largest absolute Gasteiger partial charge is 0.497 e. The molecule has 112 valence electrons. The molecule has 0 spiro atoms. The number of nitrogens with zero attached hydrogens (tertiary/aromatic N) is 4. The van der Waals surface area contributed by atoms with E-state index in [2.05, 4.69) is 20.4 Å². The van der Waals surface area contributed by atoms with Crippen LogP contribution in [0.3, 0.4) is 0 Å². The van der Waals surface area contributed by atoms with E-state index in [4.69, 9.17) is 15.3 Å². The monoisotopic (exact) mass is 290 g/mol. The summed E-state index contributed by atoms with van der Waals surface area (Å²) in [6.45, 7) is 2.31. The summed E-state index contributed by atoms with van der Waals surface area (Å²) in [5.41, 5.74) is 3.27. The number of hydrazine groups is 1. The average molecular weight is 290 g/mol. The zero-order valence-electron chi connectivity index (χ0n) is 12.2. The molecule has 1 aromatic heterocycles. The second kappa shape index (κ2) is 6.71. The molecule has 0 saturated carbocycles. The van der Waals surface area contributed by atoms with Crippen LogP contribution < -0.4 is 25.6 Å². The third-order valence-electron chi connectivity index (χ3n) is 2.75. The highest BCUT2D eigenvalue weighted by atomic mass is 16.5. The lowest BCUT2D eigenvalue weighted by molar-refractivity contribution is 0.312. The van der Waals surface area contributed by atoms with Gasteiger partial charge < -0.3 is 14.4 Å². The molecule has 0 atom stereocenters. The molecule has 0 fully saturated rings. The molecule has 0 unspecified atom stereocenters. The average Bonchev–Trinajstić information content (AvgIpc) is 2.54. The molecule has 1 aromatic carbocycles. The second-order valence-electron chi connectivity index (χ2n) is 4.08. The van der Waals surface area contributed by atoms with Gasteiger partial charge >= 0.3 is 6.01 Å². The van der Waals surface area contributed by atoms with E-state index in [1.165, 1.54) is 0 Å². The Kier molecular flexibility index (Phi) is 4.72. The van der Waals surface area contributed by atoms with E-state index in [0.717, 1.165) is 11.4 Å². The molecular formula is C13H18N6O2. The molecule has 1 heterocycles. The number of nitrogen functional groups attached to an aromatic ring is 1. The smallest absolute Gasteiger partial charge is 0.323 e. The van der Waals surface area contributed by atoms with Crippen LogP contribution >= 0.6 is 0 Å². The maximum absolute atomic E-state index is 5.37. The van der Waals surface area contributed by atoms with Crippen molar-refractivity contribution in [2.75, 3.05) is 31.1 Å². The maximum Gasteiger partial charge on any atom is 0.323 e. The zero-order valence-corrected chi connectivity index (χ0v) is 12.2. The maximum atomic E-state index is 5.37. The highest BCUT2D eigenvalue weighted by Gasteiger charge is 2.12. The summed E-state index contributed by atoms with van der Waals surface area (Å²) < 4.78 is 10.5. The number of rotatable bonds is 6. The van der Waals surface area contributed by atoms with Crippen LogP contribution in [0.15, 0.2) is 24.3 Å². The first-order valence-corrected chi connectivity index (χ1v) is 6.41. The molecule has 2 rings (SSSR count). The topological polar surface area (TPSA) is 98.4 Å². The van der Waals surface area contributed by atoms with Crippen molar-refractivity contribution in [2.45, 2.75) is 6.92 Å². The van der Waals surface area contributed by atoms with Crippen LogP contribution in [-0.2, 0) is 0 Å². The number of nitrogens with two attached hydrogens (primary N) is 1. The summed E-state index contributed by atoms with van der Waals surface area (Å²) in [6, 6.07) is 7.76. The standard InChI is InChI=1S/C13H18N6O2/c1-4-21-13-16-11(18-14)15-12(17-13)19(2)9-6-5-7-10(8-9)20-3/h5-8H,4,14H2,1-3H3,(H,15,16,17,18). The van der Waals surface area contributed by atoms with Gasteiger partial charge in [0.2, 0.25) is 11.9 Å². The van der Waals surface area contributed by atoms with Gasteiger partial charge in [-0.15, -0.1) is 0 Å². The number of hydrogen-bond donors (Lipinski definition) is 2. The molecule has 3 N–H and O–H groups in total. The Bertz CT molecular complexity index is 607. The first-order chi connectivity index (χ1) is 10.2. The van der Waals surface area contributed by atoms with E-state index >= 15 is 0 Å². The number of ether oxygens (including phenoxy) is 2. The molecule has 0 aliphatic heterocycles. The van der Waals surface area contributed by atoms with Crippen LogP contribution in [0.2, 0.25) is 0 Å². The van der Waals surface area contributed by atoms with E-state index in [1.54, 1.807) is 12.0 Å². The molecule has 0 amide bonds. The van der Waals surface area contributed by atoms with E-state index in [-0.39, 0.29) is 12.0 Å². The van der Waals surface area contributed by atoms with Crippen LogP contribution in [0.4, 0.5) is 17.6 Å². The van der Waals surface area contributed by atoms with Crippen molar-refractivity contribution < 1.29 is 9.47 Å². The number of benzene rings is 1. The number of anilines is 3. The lowest BCUT2D eigenvalue weighted by atomic mass is 10.3. The summed E-state index contributed by atoms with van der Waals surface area (Å²) in [4.78, 5) is 14.3. The van der Waals surface area contributed by atoms with Crippen molar-refractivity contribution in [1.29, 1.82) is 0 Å². The number of nitrogens with one attached hydrogen (secondary N) is 1. The molecule has 0 aliphatic rings. The minimum atomic E-state index is 0.213. The molecule has 2 aromatic rings. The Morgan fingerprint density at radius 2 is 2.10 bits per heavy atom. The van der Waals surface area contributed by atoms with Gasteiger partial charge in [-0.05, 0) is 19.1 Å². The predicted molar refractivity (Wildman–Crippen MR) is 79.9 cm³/mol. The molecule has 0 bridgehead atoms. The summed E-state index contributed by atoms with van der Waals surface area (Å²) >= 11 is 0. The minimum absolute atomic E-state index is 0.213. The van der Waals surface area contributed by atoms with Gasteiger partial charge in [0.1, 0.15) is 5.75 Å². The van der Waals surface area contributed by atoms with Gasteiger partial charge in [-0.1, -0.05) is 6.07 Å². The van der Waals surface area contributed by atoms with E-state index in [9.17, 15) is 0 Å². The molecule has 0 radical (unpaired) electrons. The Morgan fingerprint density at radius 1 is 1.29 bits per heavy atom. The van der Waals surface area contributed by atoms with E-state index in [1.807, 2.05) is 38.2 Å². The van der Waals surface area contributed by atoms with Crippen LogP contribution in [0.1, 0.15) is 6.92 Å². The van der Waals surface area contributed by atoms with E-state index in [0.29, 0.717) is 12.6 Å².